The average molecular weight is 626 g/mol. The molecule has 2 aromatic rings. The molecule has 0 aromatic heterocycles. The molecular weight excluding hydrogens is 582 g/mol. The number of ketones is 2. The molecule has 1 aliphatic heterocycles. The van der Waals surface area contributed by atoms with Crippen LogP contribution in [0.25, 0.3) is 0 Å². The molecule has 2 aromatic carbocycles. The summed E-state index contributed by atoms with van der Waals surface area (Å²) >= 11 is 0. The first kappa shape index (κ1) is 31.9. The Hall–Kier alpha value is -3.06. The maximum absolute atomic E-state index is 13.9. The van der Waals surface area contributed by atoms with Gasteiger partial charge >= 0.3 is 0 Å². The van der Waals surface area contributed by atoms with Crippen molar-refractivity contribution in [1.82, 2.24) is 0 Å². The van der Waals surface area contributed by atoms with Crippen LogP contribution in [0.5, 0.6) is 17.2 Å². The zero-order valence-electron chi connectivity index (χ0n) is 25.8. The molecule has 0 amide bonds. The molecule has 2 fully saturated rings. The fraction of sp³-hybridized carbons (Fsp3) is 0.588. The average Bonchev–Trinajstić information content (AvgIpc) is 3.28. The summed E-state index contributed by atoms with van der Waals surface area (Å²) in [5.41, 5.74) is 4.34. The number of nitrogens with two attached hydrogens (primary N) is 1. The van der Waals surface area contributed by atoms with Gasteiger partial charge in [0.15, 0.2) is 12.1 Å². The molecule has 45 heavy (non-hydrogen) atoms. The molecule has 11 heteroatoms. The summed E-state index contributed by atoms with van der Waals surface area (Å²) in [6.45, 7) is 1.95. The normalized spacial score (nSPS) is 30.3. The minimum atomic E-state index is -1.44. The zero-order valence-corrected chi connectivity index (χ0v) is 25.8. The van der Waals surface area contributed by atoms with E-state index in [9.17, 15) is 30.0 Å². The van der Waals surface area contributed by atoms with E-state index in [1.54, 1.807) is 19.1 Å². The predicted molar refractivity (Wildman–Crippen MR) is 162 cm³/mol. The highest BCUT2D eigenvalue weighted by Gasteiger charge is 2.47. The third-order valence-electron chi connectivity index (χ3n) is 9.94. The first-order chi connectivity index (χ1) is 21.5. The molecule has 0 spiro atoms. The molecule has 1 saturated heterocycles. The summed E-state index contributed by atoms with van der Waals surface area (Å²) in [6.07, 6.45) is 3.41. The molecule has 6 rings (SSSR count). The number of carbonyl (C=O) groups excluding carboxylic acids is 2. The van der Waals surface area contributed by atoms with Crippen LogP contribution in [0.15, 0.2) is 18.2 Å². The summed E-state index contributed by atoms with van der Waals surface area (Å²) < 4.78 is 23.8. The topological polar surface area (TPSA) is 178 Å². The van der Waals surface area contributed by atoms with Crippen LogP contribution in [0.3, 0.4) is 0 Å². The van der Waals surface area contributed by atoms with Crippen molar-refractivity contribution in [2.45, 2.75) is 113 Å². The first-order valence-corrected chi connectivity index (χ1v) is 16.0. The van der Waals surface area contributed by atoms with E-state index in [0.717, 1.165) is 25.7 Å². The maximum Gasteiger partial charge on any atom is 0.202 e. The molecule has 4 aliphatic rings. The van der Waals surface area contributed by atoms with Crippen molar-refractivity contribution in [2.24, 2.45) is 5.73 Å². The van der Waals surface area contributed by atoms with Crippen LogP contribution in [-0.4, -0.2) is 82.0 Å². The van der Waals surface area contributed by atoms with E-state index in [4.69, 9.17) is 24.7 Å². The molecule has 1 heterocycles. The van der Waals surface area contributed by atoms with Gasteiger partial charge in [-0.25, -0.2) is 0 Å². The van der Waals surface area contributed by atoms with Crippen LogP contribution in [0.2, 0.25) is 0 Å². The monoisotopic (exact) mass is 625 g/mol. The summed E-state index contributed by atoms with van der Waals surface area (Å²) in [5.74, 6) is -2.12. The molecule has 0 bridgehead atoms. The molecule has 6 atom stereocenters. The second-order valence-corrected chi connectivity index (χ2v) is 13.0. The number of rotatable bonds is 7. The Kier molecular flexibility index (Phi) is 8.95. The smallest absolute Gasteiger partial charge is 0.202 e. The van der Waals surface area contributed by atoms with Gasteiger partial charge < -0.3 is 45.1 Å². The lowest BCUT2D eigenvalue weighted by atomic mass is 9.72. The SMILES string of the molecule is COc1cccc2c1C(=O)c1c(O)c3c(c(O)c1C2=O)C[C@@](O)(CCOC1CCCCCC1)C[C@@H]3O[C@H]1CC(N)[C@H](O)C(C)O1. The molecule has 244 valence electrons. The number of hydrogen-bond acceptors (Lipinski definition) is 11. The van der Waals surface area contributed by atoms with Gasteiger partial charge in [-0.1, -0.05) is 37.8 Å². The molecular formula is C34H43NO10. The van der Waals surface area contributed by atoms with Gasteiger partial charge in [-0.2, -0.15) is 0 Å². The number of aromatic hydroxyl groups is 2. The standard InChI is InChI=1S/C34H43NO10/c1-17-29(36)21(35)14-24(44-17)45-23-16-34(41,12-13-43-18-8-5-3-4-6-9-18)15-20-26(23)33(40)28-27(31(20)38)30(37)19-10-7-11-22(42-2)25(19)32(28)39/h7,10-11,17-18,21,23-24,29,36,38,40-41H,3-6,8-9,12-16,35H2,1-2H3/t17?,21?,23-,24-,29+,34-/m0/s1. The highest BCUT2D eigenvalue weighted by molar-refractivity contribution is 6.31. The maximum atomic E-state index is 13.9. The van der Waals surface area contributed by atoms with Crippen molar-refractivity contribution in [3.63, 3.8) is 0 Å². The van der Waals surface area contributed by atoms with Crippen LogP contribution >= 0.6 is 0 Å². The fourth-order valence-corrected chi connectivity index (χ4v) is 7.48. The zero-order chi connectivity index (χ0) is 32.0. The number of carbonyl (C=O) groups is 2. The number of benzene rings is 2. The third-order valence-corrected chi connectivity index (χ3v) is 9.94. The summed E-state index contributed by atoms with van der Waals surface area (Å²) in [6, 6.07) is 3.96. The fourth-order valence-electron chi connectivity index (χ4n) is 7.48. The minimum Gasteiger partial charge on any atom is -0.507 e. The Morgan fingerprint density at radius 2 is 1.73 bits per heavy atom. The Labute approximate surface area is 262 Å². The summed E-state index contributed by atoms with van der Waals surface area (Å²) in [4.78, 5) is 27.6. The van der Waals surface area contributed by atoms with Gasteiger partial charge in [0.25, 0.3) is 0 Å². The van der Waals surface area contributed by atoms with Crippen LogP contribution in [0.1, 0.15) is 114 Å². The van der Waals surface area contributed by atoms with E-state index < -0.39 is 59.3 Å². The van der Waals surface area contributed by atoms with Crippen molar-refractivity contribution in [2.75, 3.05) is 13.7 Å². The molecule has 0 radical (unpaired) electrons. The molecule has 1 saturated carbocycles. The molecule has 3 aliphatic carbocycles. The van der Waals surface area contributed by atoms with Crippen molar-refractivity contribution in [3.8, 4) is 17.2 Å². The molecule has 6 N–H and O–H groups in total. The number of phenolic OH excluding ortho intramolecular Hbond substituents is 2. The van der Waals surface area contributed by atoms with Gasteiger partial charge in [0.1, 0.15) is 17.2 Å². The highest BCUT2D eigenvalue weighted by atomic mass is 16.7. The van der Waals surface area contributed by atoms with Gasteiger partial charge in [-0.05, 0) is 32.3 Å². The number of aliphatic hydroxyl groups is 2. The Bertz CT molecular complexity index is 1460. The lowest BCUT2D eigenvalue weighted by Crippen LogP contribution is -2.52. The molecule has 11 nitrogen and oxygen atoms in total. The van der Waals surface area contributed by atoms with Gasteiger partial charge in [0.2, 0.25) is 5.78 Å². The van der Waals surface area contributed by atoms with Crippen LogP contribution in [0.4, 0.5) is 0 Å². The van der Waals surface area contributed by atoms with E-state index in [0.29, 0.717) is 0 Å². The van der Waals surface area contributed by atoms with Crippen molar-refractivity contribution in [3.05, 3.63) is 51.6 Å². The van der Waals surface area contributed by atoms with Gasteiger partial charge in [-0.15, -0.1) is 0 Å². The minimum absolute atomic E-state index is 0.00278. The Balaban J connectivity index is 1.38. The van der Waals surface area contributed by atoms with Gasteiger partial charge in [0, 0.05) is 48.6 Å². The lowest BCUT2D eigenvalue weighted by Gasteiger charge is -2.43. The van der Waals surface area contributed by atoms with E-state index in [1.165, 1.54) is 26.0 Å². The van der Waals surface area contributed by atoms with Crippen LogP contribution < -0.4 is 10.5 Å². The van der Waals surface area contributed by atoms with Gasteiger partial charge in [0.05, 0.1) is 53.8 Å². The second-order valence-electron chi connectivity index (χ2n) is 13.0. The van der Waals surface area contributed by atoms with Gasteiger partial charge in [-0.3, -0.25) is 9.59 Å². The Morgan fingerprint density at radius 1 is 1.02 bits per heavy atom. The summed E-state index contributed by atoms with van der Waals surface area (Å²) in [7, 11) is 1.38. The number of ether oxygens (including phenoxy) is 4. The van der Waals surface area contributed by atoms with E-state index in [1.807, 2.05) is 0 Å². The quantitative estimate of drug-likeness (QED) is 0.192. The van der Waals surface area contributed by atoms with Crippen LogP contribution in [-0.2, 0) is 20.6 Å². The number of fused-ring (bicyclic) bond motifs is 3. The number of phenols is 2. The third kappa shape index (κ3) is 5.86. The van der Waals surface area contributed by atoms with Crippen LogP contribution in [0, 0.1) is 0 Å². The summed E-state index contributed by atoms with van der Waals surface area (Å²) in [5, 5.41) is 45.7. The van der Waals surface area contributed by atoms with E-state index in [2.05, 4.69) is 0 Å². The highest BCUT2D eigenvalue weighted by Crippen LogP contribution is 2.53. The Morgan fingerprint density at radius 3 is 2.42 bits per heavy atom. The number of aliphatic hydroxyl groups excluding tert-OH is 1. The van der Waals surface area contributed by atoms with Crippen molar-refractivity contribution in [1.29, 1.82) is 0 Å². The van der Waals surface area contributed by atoms with Crippen molar-refractivity contribution >= 4 is 11.6 Å². The lowest BCUT2D eigenvalue weighted by molar-refractivity contribution is -0.248. The number of hydrogen-bond donors (Lipinski definition) is 5. The van der Waals surface area contributed by atoms with E-state index in [-0.39, 0.29) is 77.5 Å². The largest absolute Gasteiger partial charge is 0.507 e. The number of methoxy groups -OCH3 is 1. The molecule has 2 unspecified atom stereocenters. The first-order valence-electron chi connectivity index (χ1n) is 16.0. The van der Waals surface area contributed by atoms with E-state index >= 15 is 0 Å². The predicted octanol–water partition coefficient (Wildman–Crippen LogP) is 3.57. The van der Waals surface area contributed by atoms with Crippen molar-refractivity contribution < 1.29 is 49.0 Å². The second kappa shape index (κ2) is 12.6.